The van der Waals surface area contributed by atoms with Crippen LogP contribution in [0, 0.1) is 0 Å². The van der Waals surface area contributed by atoms with Gasteiger partial charge in [0.05, 0.1) is 17.9 Å². The predicted octanol–water partition coefficient (Wildman–Crippen LogP) is 7.11. The summed E-state index contributed by atoms with van der Waals surface area (Å²) in [5, 5.41) is 0. The molecule has 38 heavy (non-hydrogen) atoms. The molecule has 7 nitrogen and oxygen atoms in total. The van der Waals surface area contributed by atoms with E-state index in [0.717, 1.165) is 42.1 Å². The van der Waals surface area contributed by atoms with Gasteiger partial charge in [0.15, 0.2) is 0 Å². The number of ether oxygens (including phenoxy) is 2. The van der Waals surface area contributed by atoms with Gasteiger partial charge in [0.1, 0.15) is 17.2 Å². The average molecular weight is 514 g/mol. The molecule has 3 atom stereocenters. The molecule has 198 valence electrons. The number of aromatic amines is 1. The summed E-state index contributed by atoms with van der Waals surface area (Å²) in [7, 11) is 0. The van der Waals surface area contributed by atoms with E-state index in [1.54, 1.807) is 4.90 Å². The van der Waals surface area contributed by atoms with Gasteiger partial charge in [-0.1, -0.05) is 30.3 Å². The lowest BCUT2D eigenvalue weighted by Crippen LogP contribution is -2.36. The summed E-state index contributed by atoms with van der Waals surface area (Å²) in [5.41, 5.74) is 6.45. The molecule has 1 amide bonds. The number of esters is 1. The second-order valence-electron chi connectivity index (χ2n) is 11.8. The zero-order valence-corrected chi connectivity index (χ0v) is 22.5. The fourth-order valence-corrected chi connectivity index (χ4v) is 6.55. The third-order valence-corrected chi connectivity index (χ3v) is 8.05. The first kappa shape index (κ1) is 24.7. The van der Waals surface area contributed by atoms with Crippen molar-refractivity contribution in [3.8, 4) is 28.1 Å². The van der Waals surface area contributed by atoms with Gasteiger partial charge in [-0.05, 0) is 93.0 Å². The minimum atomic E-state index is -0.527. The van der Waals surface area contributed by atoms with Crippen LogP contribution in [-0.2, 0) is 9.53 Å². The number of nitrogens with zero attached hydrogens (tertiary/aromatic N) is 2. The van der Waals surface area contributed by atoms with Crippen molar-refractivity contribution < 1.29 is 19.1 Å². The molecule has 6 rings (SSSR count). The van der Waals surface area contributed by atoms with Crippen molar-refractivity contribution in [2.24, 2.45) is 0 Å². The molecule has 2 aromatic carbocycles. The molecule has 1 saturated heterocycles. The quantitative estimate of drug-likeness (QED) is 0.297. The molecule has 0 radical (unpaired) electrons. The lowest BCUT2D eigenvalue weighted by atomic mass is 9.85. The maximum absolute atomic E-state index is 12.7. The van der Waals surface area contributed by atoms with Crippen LogP contribution in [0.2, 0.25) is 0 Å². The molecule has 1 saturated carbocycles. The van der Waals surface area contributed by atoms with Crippen LogP contribution in [0.5, 0.6) is 5.75 Å². The Hall–Kier alpha value is -3.61. The zero-order chi connectivity index (χ0) is 26.6. The van der Waals surface area contributed by atoms with Crippen molar-refractivity contribution >= 4 is 12.1 Å². The molecule has 0 unspecified atom stereocenters. The summed E-state index contributed by atoms with van der Waals surface area (Å²) in [4.78, 5) is 34.3. The van der Waals surface area contributed by atoms with Gasteiger partial charge in [0.25, 0.3) is 0 Å². The summed E-state index contributed by atoms with van der Waals surface area (Å²) < 4.78 is 11.2. The Kier molecular flexibility index (Phi) is 6.04. The highest BCUT2D eigenvalue weighted by atomic mass is 16.6. The minimum absolute atomic E-state index is 0.105. The second kappa shape index (κ2) is 9.29. The first-order valence-corrected chi connectivity index (χ1v) is 13.7. The van der Waals surface area contributed by atoms with Crippen molar-refractivity contribution in [1.29, 1.82) is 0 Å². The van der Waals surface area contributed by atoms with Crippen LogP contribution in [0.4, 0.5) is 4.79 Å². The number of rotatable bonds is 4. The largest absolute Gasteiger partial charge is 0.444 e. The smallest absolute Gasteiger partial charge is 0.410 e. The molecule has 2 heterocycles. The van der Waals surface area contributed by atoms with Gasteiger partial charge in [0, 0.05) is 19.0 Å². The van der Waals surface area contributed by atoms with Gasteiger partial charge in [-0.3, -0.25) is 9.69 Å². The Morgan fingerprint density at radius 1 is 0.974 bits per heavy atom. The van der Waals surface area contributed by atoms with Crippen molar-refractivity contribution in [1.82, 2.24) is 14.9 Å². The van der Waals surface area contributed by atoms with E-state index in [2.05, 4.69) is 40.3 Å². The first-order chi connectivity index (χ1) is 18.2. The summed E-state index contributed by atoms with van der Waals surface area (Å²) in [6, 6.07) is 12.5. The molecule has 7 heteroatoms. The predicted molar refractivity (Wildman–Crippen MR) is 145 cm³/mol. The van der Waals surface area contributed by atoms with Crippen molar-refractivity contribution in [2.45, 2.75) is 83.3 Å². The number of carbonyl (C=O) groups is 2. The Labute approximate surface area is 223 Å². The second-order valence-corrected chi connectivity index (χ2v) is 11.8. The van der Waals surface area contributed by atoms with Gasteiger partial charge in [-0.2, -0.15) is 0 Å². The summed E-state index contributed by atoms with van der Waals surface area (Å²) in [5.74, 6) is 2.29. The number of carbonyl (C=O) groups excluding carboxylic acids is 2. The number of benzene rings is 2. The molecule has 0 spiro atoms. The van der Waals surface area contributed by atoms with Crippen LogP contribution in [0.25, 0.3) is 22.4 Å². The SMILES string of the molecule is CC(=O)Oc1ccc(-c2ccc(-c3cnc([C@@H]4CCCN4C(=O)OC(C)(C)C)[nH]3)cc2)c2c1[C@H]1CC[C@@H]2C1. The van der Waals surface area contributed by atoms with E-state index in [1.807, 2.05) is 33.0 Å². The number of hydrogen-bond acceptors (Lipinski definition) is 5. The molecule has 2 fully saturated rings. The van der Waals surface area contributed by atoms with Crippen LogP contribution in [-0.4, -0.2) is 39.1 Å². The zero-order valence-electron chi connectivity index (χ0n) is 22.5. The van der Waals surface area contributed by atoms with Crippen molar-refractivity contribution in [3.05, 3.63) is 59.5 Å². The lowest BCUT2D eigenvalue weighted by Gasteiger charge is -2.27. The van der Waals surface area contributed by atoms with Crippen LogP contribution in [0.1, 0.15) is 94.6 Å². The first-order valence-electron chi connectivity index (χ1n) is 13.7. The maximum Gasteiger partial charge on any atom is 0.410 e. The number of hydrogen-bond donors (Lipinski definition) is 1. The normalized spacial score (nSPS) is 22.0. The molecule has 2 bridgehead atoms. The van der Waals surface area contributed by atoms with E-state index in [1.165, 1.54) is 42.0 Å². The van der Waals surface area contributed by atoms with Gasteiger partial charge in [0.2, 0.25) is 0 Å². The maximum atomic E-state index is 12.7. The molecule has 1 aliphatic heterocycles. The van der Waals surface area contributed by atoms with Gasteiger partial charge < -0.3 is 14.5 Å². The van der Waals surface area contributed by atoms with E-state index in [9.17, 15) is 9.59 Å². The summed E-state index contributed by atoms with van der Waals surface area (Å²) >= 11 is 0. The number of likely N-dealkylation sites (tertiary alicyclic amines) is 1. The Balaban J connectivity index is 1.24. The molecule has 1 N–H and O–H groups in total. The minimum Gasteiger partial charge on any atom is -0.444 e. The standard InChI is InChI=1S/C31H35N3O4/c1-18(35)37-26-14-13-23(27-21-11-12-22(16-21)28(26)27)19-7-9-20(10-8-19)24-17-32-29(33-24)25-6-5-15-34(25)30(36)38-31(2,3)4/h7-10,13-14,17,21-22,25H,5-6,11-12,15-16H2,1-4H3,(H,32,33)/t21-,22+,25+/m1/s1. The molecule has 3 aromatic rings. The third-order valence-electron chi connectivity index (χ3n) is 8.05. The molecule has 2 aliphatic carbocycles. The summed E-state index contributed by atoms with van der Waals surface area (Å²) in [6.07, 6.45) is 6.87. The van der Waals surface area contributed by atoms with Crippen molar-refractivity contribution in [2.75, 3.05) is 6.54 Å². The fraction of sp³-hybridized carbons (Fsp3) is 0.452. The van der Waals surface area contributed by atoms with E-state index in [4.69, 9.17) is 9.47 Å². The lowest BCUT2D eigenvalue weighted by molar-refractivity contribution is -0.131. The number of amides is 1. The van der Waals surface area contributed by atoms with Crippen LogP contribution in [0.3, 0.4) is 0 Å². The summed E-state index contributed by atoms with van der Waals surface area (Å²) in [6.45, 7) is 7.80. The number of imidazole rings is 1. The number of nitrogens with one attached hydrogen (secondary N) is 1. The van der Waals surface area contributed by atoms with Crippen LogP contribution >= 0.6 is 0 Å². The van der Waals surface area contributed by atoms with E-state index in [-0.39, 0.29) is 18.1 Å². The Morgan fingerprint density at radius 3 is 2.39 bits per heavy atom. The molecular weight excluding hydrogens is 478 g/mol. The number of fused-ring (bicyclic) bond motifs is 5. The average Bonchev–Trinajstić information content (AvgIpc) is 3.67. The van der Waals surface area contributed by atoms with Gasteiger partial charge >= 0.3 is 12.1 Å². The van der Waals surface area contributed by atoms with E-state index in [0.29, 0.717) is 18.4 Å². The van der Waals surface area contributed by atoms with Gasteiger partial charge in [-0.25, -0.2) is 9.78 Å². The third kappa shape index (κ3) is 4.48. The number of H-pyrrole nitrogens is 1. The monoisotopic (exact) mass is 513 g/mol. The Bertz CT molecular complexity index is 1390. The Morgan fingerprint density at radius 2 is 1.68 bits per heavy atom. The van der Waals surface area contributed by atoms with Crippen molar-refractivity contribution in [3.63, 3.8) is 0 Å². The highest BCUT2D eigenvalue weighted by Crippen LogP contribution is 2.58. The molecular formula is C31H35N3O4. The molecule has 3 aliphatic rings. The van der Waals surface area contributed by atoms with E-state index < -0.39 is 5.60 Å². The number of aromatic nitrogens is 2. The highest BCUT2D eigenvalue weighted by molar-refractivity contribution is 5.78. The topological polar surface area (TPSA) is 84.5 Å². The fourth-order valence-electron chi connectivity index (χ4n) is 6.55. The highest BCUT2D eigenvalue weighted by Gasteiger charge is 2.41. The molecule has 1 aromatic heterocycles. The van der Waals surface area contributed by atoms with E-state index >= 15 is 0 Å². The van der Waals surface area contributed by atoms with Crippen LogP contribution < -0.4 is 4.74 Å². The van der Waals surface area contributed by atoms with Gasteiger partial charge in [-0.15, -0.1) is 0 Å². The van der Waals surface area contributed by atoms with Crippen LogP contribution in [0.15, 0.2) is 42.6 Å².